The van der Waals surface area contributed by atoms with Gasteiger partial charge >= 0.3 is 0 Å². The molecule has 0 spiro atoms. The Bertz CT molecular complexity index is 163. The molecular formula is C7H11N. The highest BCUT2D eigenvalue weighted by atomic mass is 14.9. The van der Waals surface area contributed by atoms with E-state index in [0.717, 1.165) is 5.70 Å². The first-order chi connectivity index (χ1) is 3.61. The lowest BCUT2D eigenvalue weighted by Gasteiger charge is -1.96. The molecule has 0 radical (unpaired) electrons. The van der Waals surface area contributed by atoms with Crippen LogP contribution in [0.3, 0.4) is 0 Å². The lowest BCUT2D eigenvalue weighted by Crippen LogP contribution is -2.01. The number of rotatable bonds is 1. The highest BCUT2D eigenvalue weighted by molar-refractivity contribution is 5.39. The Morgan fingerprint density at radius 1 is 1.62 bits per heavy atom. The quantitative estimate of drug-likeness (QED) is 0.539. The molecule has 2 aliphatic rings. The van der Waals surface area contributed by atoms with Crippen LogP contribution < -0.4 is 5.73 Å². The van der Waals surface area contributed by atoms with Crippen LogP contribution in [-0.4, -0.2) is 0 Å². The van der Waals surface area contributed by atoms with E-state index in [4.69, 9.17) is 5.73 Å². The number of fused-ring (bicyclic) bond motifs is 1. The second-order valence-electron chi connectivity index (χ2n) is 3.52. The van der Waals surface area contributed by atoms with Crippen LogP contribution in [0, 0.1) is 10.8 Å². The van der Waals surface area contributed by atoms with Crippen LogP contribution >= 0.6 is 0 Å². The molecule has 2 N–H and O–H groups in total. The second kappa shape index (κ2) is 0.734. The molecule has 44 valence electrons. The maximum absolute atomic E-state index is 5.56. The van der Waals surface area contributed by atoms with Gasteiger partial charge in [-0.2, -0.15) is 0 Å². The number of allylic oxidation sites excluding steroid dienone is 1. The molecule has 2 fully saturated rings. The molecule has 8 heavy (non-hydrogen) atoms. The van der Waals surface area contributed by atoms with E-state index in [-0.39, 0.29) is 0 Å². The average Bonchev–Trinajstić information content (AvgIpc) is 2.22. The predicted octanol–water partition coefficient (Wildman–Crippen LogP) is 1.26. The third-order valence-corrected chi connectivity index (χ3v) is 2.90. The standard InChI is InChI=1S/C7H11N/c1-5(8)7-3-6(7,2)4-7/h1,3-4,8H2,2H3. The molecule has 0 aromatic heterocycles. The molecule has 0 heterocycles. The molecule has 2 saturated carbocycles. The molecule has 0 saturated heterocycles. The summed E-state index contributed by atoms with van der Waals surface area (Å²) < 4.78 is 0. The molecule has 1 heteroatoms. The molecular weight excluding hydrogens is 98.1 g/mol. The smallest absolute Gasteiger partial charge is 0.0158 e. The fourth-order valence-electron chi connectivity index (χ4n) is 1.81. The molecule has 0 atom stereocenters. The molecule has 0 aromatic rings. The monoisotopic (exact) mass is 109 g/mol. The molecule has 2 aliphatic carbocycles. The van der Waals surface area contributed by atoms with Gasteiger partial charge in [-0.15, -0.1) is 0 Å². The van der Waals surface area contributed by atoms with Crippen LogP contribution in [0.15, 0.2) is 12.3 Å². The Morgan fingerprint density at radius 2 is 2.00 bits per heavy atom. The van der Waals surface area contributed by atoms with Crippen molar-refractivity contribution in [3.63, 3.8) is 0 Å². The second-order valence-corrected chi connectivity index (χ2v) is 3.52. The first-order valence-corrected chi connectivity index (χ1v) is 3.06. The summed E-state index contributed by atoms with van der Waals surface area (Å²) >= 11 is 0. The van der Waals surface area contributed by atoms with Gasteiger partial charge in [0.25, 0.3) is 0 Å². The highest BCUT2D eigenvalue weighted by Gasteiger charge is 2.80. The third-order valence-electron chi connectivity index (χ3n) is 2.90. The van der Waals surface area contributed by atoms with Crippen LogP contribution in [0.25, 0.3) is 0 Å². The third kappa shape index (κ3) is 0.225. The zero-order chi connectivity index (χ0) is 5.99. The summed E-state index contributed by atoms with van der Waals surface area (Å²) in [6.07, 6.45) is 2.60. The Labute approximate surface area is 49.6 Å². The molecule has 0 amide bonds. The summed E-state index contributed by atoms with van der Waals surface area (Å²) in [7, 11) is 0. The molecule has 0 bridgehead atoms. The van der Waals surface area contributed by atoms with Crippen LogP contribution in [-0.2, 0) is 0 Å². The number of hydrogen-bond donors (Lipinski definition) is 1. The lowest BCUT2D eigenvalue weighted by molar-refractivity contribution is 0.694. The van der Waals surface area contributed by atoms with Gasteiger partial charge in [-0.05, 0) is 18.3 Å². The maximum atomic E-state index is 5.56. The normalized spacial score (nSPS) is 57.1. The van der Waals surface area contributed by atoms with E-state index in [9.17, 15) is 0 Å². The van der Waals surface area contributed by atoms with Gasteiger partial charge < -0.3 is 5.73 Å². The van der Waals surface area contributed by atoms with Gasteiger partial charge in [0, 0.05) is 11.1 Å². The zero-order valence-corrected chi connectivity index (χ0v) is 5.20. The van der Waals surface area contributed by atoms with Gasteiger partial charge in [-0.1, -0.05) is 13.5 Å². The van der Waals surface area contributed by atoms with E-state index in [1.807, 2.05) is 0 Å². The van der Waals surface area contributed by atoms with E-state index < -0.39 is 0 Å². The van der Waals surface area contributed by atoms with Crippen molar-refractivity contribution in [2.75, 3.05) is 0 Å². The van der Waals surface area contributed by atoms with Gasteiger partial charge in [0.1, 0.15) is 0 Å². The van der Waals surface area contributed by atoms with Crippen molar-refractivity contribution in [1.82, 2.24) is 0 Å². The molecule has 0 aliphatic heterocycles. The number of nitrogens with two attached hydrogens (primary N) is 1. The summed E-state index contributed by atoms with van der Waals surface area (Å²) in [6.45, 7) is 6.04. The van der Waals surface area contributed by atoms with E-state index in [0.29, 0.717) is 10.8 Å². The van der Waals surface area contributed by atoms with Gasteiger partial charge in [0.05, 0.1) is 0 Å². The molecule has 0 unspecified atom stereocenters. The summed E-state index contributed by atoms with van der Waals surface area (Å²) in [5, 5.41) is 0. The highest BCUT2D eigenvalue weighted by Crippen LogP contribution is 2.87. The molecule has 1 nitrogen and oxygen atoms in total. The van der Waals surface area contributed by atoms with Crippen molar-refractivity contribution in [3.8, 4) is 0 Å². The van der Waals surface area contributed by atoms with Gasteiger partial charge in [-0.3, -0.25) is 0 Å². The maximum Gasteiger partial charge on any atom is 0.0158 e. The first kappa shape index (κ1) is 4.42. The molecule has 2 rings (SSSR count). The lowest BCUT2D eigenvalue weighted by atomic mass is 10.2. The van der Waals surface area contributed by atoms with Crippen LogP contribution in [0.5, 0.6) is 0 Å². The minimum atomic E-state index is 0.437. The van der Waals surface area contributed by atoms with E-state index in [1.165, 1.54) is 12.8 Å². The topological polar surface area (TPSA) is 26.0 Å². The minimum absolute atomic E-state index is 0.437. The van der Waals surface area contributed by atoms with Crippen molar-refractivity contribution in [3.05, 3.63) is 12.3 Å². The van der Waals surface area contributed by atoms with Crippen LogP contribution in [0.1, 0.15) is 19.8 Å². The van der Waals surface area contributed by atoms with Crippen LogP contribution in [0.2, 0.25) is 0 Å². The fraction of sp³-hybridized carbons (Fsp3) is 0.714. The van der Waals surface area contributed by atoms with E-state index >= 15 is 0 Å². The van der Waals surface area contributed by atoms with E-state index in [2.05, 4.69) is 13.5 Å². The van der Waals surface area contributed by atoms with Crippen molar-refractivity contribution in [2.24, 2.45) is 16.6 Å². The van der Waals surface area contributed by atoms with Crippen molar-refractivity contribution in [1.29, 1.82) is 0 Å². The van der Waals surface area contributed by atoms with E-state index in [1.54, 1.807) is 0 Å². The van der Waals surface area contributed by atoms with Gasteiger partial charge in [-0.25, -0.2) is 0 Å². The van der Waals surface area contributed by atoms with Crippen molar-refractivity contribution in [2.45, 2.75) is 19.8 Å². The summed E-state index contributed by atoms with van der Waals surface area (Å²) in [5.41, 5.74) is 7.53. The summed E-state index contributed by atoms with van der Waals surface area (Å²) in [4.78, 5) is 0. The zero-order valence-electron chi connectivity index (χ0n) is 5.20. The predicted molar refractivity (Wildman–Crippen MR) is 33.1 cm³/mol. The first-order valence-electron chi connectivity index (χ1n) is 3.06. The Hall–Kier alpha value is -0.460. The average molecular weight is 109 g/mol. The summed E-state index contributed by atoms with van der Waals surface area (Å²) in [5.74, 6) is 0. The van der Waals surface area contributed by atoms with Gasteiger partial charge in [0.15, 0.2) is 0 Å². The molecule has 0 aromatic carbocycles. The minimum Gasteiger partial charge on any atom is -0.402 e. The van der Waals surface area contributed by atoms with Crippen molar-refractivity contribution >= 4 is 0 Å². The largest absolute Gasteiger partial charge is 0.402 e. The van der Waals surface area contributed by atoms with Crippen molar-refractivity contribution < 1.29 is 0 Å². The number of hydrogen-bond acceptors (Lipinski definition) is 1. The Kier molecular flexibility index (Phi) is 0.406. The SMILES string of the molecule is C=C(N)C12CC1(C)C2. The Balaban J connectivity index is 2.24. The Morgan fingerprint density at radius 3 is 2.00 bits per heavy atom. The van der Waals surface area contributed by atoms with Gasteiger partial charge in [0.2, 0.25) is 0 Å². The fourth-order valence-corrected chi connectivity index (χ4v) is 1.81. The summed E-state index contributed by atoms with van der Waals surface area (Å²) in [6, 6.07) is 0. The van der Waals surface area contributed by atoms with Crippen LogP contribution in [0.4, 0.5) is 0 Å².